The number of aromatic nitrogens is 2. The Labute approximate surface area is 190 Å². The van der Waals surface area contributed by atoms with Crippen molar-refractivity contribution in [1.82, 2.24) is 9.97 Å². The van der Waals surface area contributed by atoms with E-state index in [2.05, 4.69) is 20.6 Å². The largest absolute Gasteiger partial charge is 0.325 e. The average Bonchev–Trinajstić information content (AvgIpc) is 2.76. The van der Waals surface area contributed by atoms with Crippen molar-refractivity contribution in [2.45, 2.75) is 37.8 Å². The number of fused-ring (bicyclic) bond motifs is 1. The monoisotopic (exact) mass is 448 g/mol. The summed E-state index contributed by atoms with van der Waals surface area (Å²) in [5.74, 6) is -0.758. The van der Waals surface area contributed by atoms with Gasteiger partial charge >= 0.3 is 0 Å². The number of carbonyl (C=O) groups is 2. The summed E-state index contributed by atoms with van der Waals surface area (Å²) in [6.07, 6.45) is 0.717. The molecule has 1 unspecified atom stereocenters. The third-order valence-electron chi connectivity index (χ3n) is 5.37. The lowest BCUT2D eigenvalue weighted by molar-refractivity contribution is -0.123. The first kappa shape index (κ1) is 21.8. The van der Waals surface area contributed by atoms with Crippen LogP contribution in [0.25, 0.3) is 0 Å². The molecule has 0 saturated carbocycles. The summed E-state index contributed by atoms with van der Waals surface area (Å²) >= 11 is 1.40. The van der Waals surface area contributed by atoms with Crippen molar-refractivity contribution < 1.29 is 9.59 Å². The first-order valence-corrected chi connectivity index (χ1v) is 11.4. The van der Waals surface area contributed by atoms with E-state index in [1.54, 1.807) is 0 Å². The van der Waals surface area contributed by atoms with E-state index < -0.39 is 17.4 Å². The van der Waals surface area contributed by atoms with E-state index in [1.807, 2.05) is 62.4 Å². The summed E-state index contributed by atoms with van der Waals surface area (Å²) in [7, 11) is 0. The molecule has 0 fully saturated rings. The number of nitrogens with one attached hydrogen (secondary N) is 3. The number of H-pyrrole nitrogens is 1. The molecule has 7 nitrogen and oxygen atoms in total. The molecule has 8 heteroatoms. The van der Waals surface area contributed by atoms with Crippen LogP contribution < -0.4 is 16.2 Å². The van der Waals surface area contributed by atoms with Gasteiger partial charge in [0.05, 0.1) is 11.5 Å². The van der Waals surface area contributed by atoms with Crippen molar-refractivity contribution in [2.24, 2.45) is 0 Å². The van der Waals surface area contributed by atoms with Crippen LogP contribution in [0, 0.1) is 13.8 Å². The van der Waals surface area contributed by atoms with Gasteiger partial charge in [-0.05, 0) is 43.0 Å². The number of amides is 2. The van der Waals surface area contributed by atoms with Crippen LogP contribution >= 0.6 is 11.8 Å². The first-order chi connectivity index (χ1) is 15.4. The Balaban J connectivity index is 1.54. The Kier molecular flexibility index (Phi) is 6.41. The fourth-order valence-corrected chi connectivity index (χ4v) is 4.50. The molecule has 2 amide bonds. The summed E-state index contributed by atoms with van der Waals surface area (Å²) in [5, 5.41) is 5.94. The zero-order valence-corrected chi connectivity index (χ0v) is 18.7. The second kappa shape index (κ2) is 9.40. The van der Waals surface area contributed by atoms with Gasteiger partial charge in [-0.25, -0.2) is 4.98 Å². The number of nitrogens with zero attached hydrogens (tertiary/aromatic N) is 1. The van der Waals surface area contributed by atoms with Crippen LogP contribution in [0.3, 0.4) is 0 Å². The van der Waals surface area contributed by atoms with E-state index in [0.29, 0.717) is 10.8 Å². The van der Waals surface area contributed by atoms with Gasteiger partial charge in [0.2, 0.25) is 11.8 Å². The zero-order valence-electron chi connectivity index (χ0n) is 17.9. The highest BCUT2D eigenvalue weighted by molar-refractivity contribution is 7.99. The maximum Gasteiger partial charge on any atom is 0.257 e. The molecule has 2 aromatic carbocycles. The predicted molar refractivity (Wildman–Crippen MR) is 126 cm³/mol. The van der Waals surface area contributed by atoms with Crippen LogP contribution in [-0.4, -0.2) is 27.5 Å². The third kappa shape index (κ3) is 4.91. The molecule has 164 valence electrons. The summed E-state index contributed by atoms with van der Waals surface area (Å²) < 4.78 is 0. The molecule has 32 heavy (non-hydrogen) atoms. The van der Waals surface area contributed by atoms with Crippen LogP contribution in [0.4, 0.5) is 11.5 Å². The average molecular weight is 449 g/mol. The van der Waals surface area contributed by atoms with Crippen molar-refractivity contribution in [3.05, 3.63) is 81.1 Å². The molecule has 1 atom stereocenters. The van der Waals surface area contributed by atoms with Gasteiger partial charge in [-0.2, -0.15) is 0 Å². The van der Waals surface area contributed by atoms with E-state index in [4.69, 9.17) is 0 Å². The molecule has 1 aliphatic rings. The van der Waals surface area contributed by atoms with E-state index in [1.165, 1.54) is 17.3 Å². The number of hydrogen-bond donors (Lipinski definition) is 3. The maximum absolute atomic E-state index is 13.0. The van der Waals surface area contributed by atoms with Gasteiger partial charge in [0.1, 0.15) is 5.82 Å². The quantitative estimate of drug-likeness (QED) is 0.393. The highest BCUT2D eigenvalue weighted by Crippen LogP contribution is 2.31. The number of thioether (sulfide) groups is 1. The fourth-order valence-electron chi connectivity index (χ4n) is 3.64. The molecule has 4 rings (SSSR count). The van der Waals surface area contributed by atoms with E-state index in [-0.39, 0.29) is 23.7 Å². The highest BCUT2D eigenvalue weighted by Gasteiger charge is 2.35. The Bertz CT molecular complexity index is 1220. The van der Waals surface area contributed by atoms with Gasteiger partial charge in [-0.15, -0.1) is 0 Å². The minimum atomic E-state index is -0.904. The summed E-state index contributed by atoms with van der Waals surface area (Å²) in [6.45, 7) is 3.83. The molecule has 1 aliphatic heterocycles. The molecule has 1 aromatic heterocycles. The zero-order chi connectivity index (χ0) is 22.7. The molecule has 0 spiro atoms. The Hall–Kier alpha value is -3.39. The minimum Gasteiger partial charge on any atom is -0.325 e. The predicted octanol–water partition coefficient (Wildman–Crippen LogP) is 3.79. The first-order valence-electron chi connectivity index (χ1n) is 10.4. The Morgan fingerprint density at radius 3 is 2.72 bits per heavy atom. The Morgan fingerprint density at radius 1 is 1.16 bits per heavy atom. The molecule has 0 bridgehead atoms. The second-order valence-electron chi connectivity index (χ2n) is 7.83. The molecule has 3 N–H and O–H groups in total. The van der Waals surface area contributed by atoms with E-state index in [0.717, 1.165) is 23.3 Å². The van der Waals surface area contributed by atoms with Crippen molar-refractivity contribution >= 4 is 35.1 Å². The van der Waals surface area contributed by atoms with Crippen molar-refractivity contribution in [3.63, 3.8) is 0 Å². The maximum atomic E-state index is 13.0. The van der Waals surface area contributed by atoms with Crippen LogP contribution in [0.1, 0.15) is 34.6 Å². The van der Waals surface area contributed by atoms with Crippen molar-refractivity contribution in [2.75, 3.05) is 16.4 Å². The smallest absolute Gasteiger partial charge is 0.257 e. The number of aromatic amines is 1. The van der Waals surface area contributed by atoms with Gasteiger partial charge in [0, 0.05) is 17.9 Å². The van der Waals surface area contributed by atoms with Crippen LogP contribution in [0.2, 0.25) is 0 Å². The second-order valence-corrected chi connectivity index (χ2v) is 8.91. The van der Waals surface area contributed by atoms with Crippen LogP contribution in [0.15, 0.2) is 58.5 Å². The highest BCUT2D eigenvalue weighted by atomic mass is 32.2. The lowest BCUT2D eigenvalue weighted by Crippen LogP contribution is -2.36. The summed E-state index contributed by atoms with van der Waals surface area (Å²) in [4.78, 5) is 45.4. The number of aryl methyl sites for hydroxylation is 3. The third-order valence-corrected chi connectivity index (χ3v) is 6.24. The summed E-state index contributed by atoms with van der Waals surface area (Å²) in [6, 6.07) is 15.8. The normalized spacial score (nSPS) is 15.1. The van der Waals surface area contributed by atoms with Gasteiger partial charge in [0.15, 0.2) is 5.16 Å². The minimum absolute atomic E-state index is 0.102. The lowest BCUT2D eigenvalue weighted by atomic mass is 9.92. The molecule has 2 heterocycles. The Morgan fingerprint density at radius 2 is 1.94 bits per heavy atom. The van der Waals surface area contributed by atoms with Crippen molar-refractivity contribution in [3.8, 4) is 0 Å². The topological polar surface area (TPSA) is 104 Å². The van der Waals surface area contributed by atoms with Gasteiger partial charge < -0.3 is 15.6 Å². The molecule has 3 aromatic rings. The number of hydrogen-bond acceptors (Lipinski definition) is 5. The summed E-state index contributed by atoms with van der Waals surface area (Å²) in [5.41, 5.74) is 3.56. The van der Waals surface area contributed by atoms with Gasteiger partial charge in [0.25, 0.3) is 5.56 Å². The molecule has 0 radical (unpaired) electrons. The molecular formula is C24H24N4O3S. The number of anilines is 2. The standard InChI is InChI=1S/C24H24N4O3S/c1-14-8-9-15(2)18(12-14)25-22(30)17-13-19(29)26-21-20(17)23(31)28-24(27-21)32-11-10-16-6-4-3-5-7-16/h3-9,12,17H,10-11,13H2,1-2H3,(H,25,30)(H2,26,27,28,29,31). The number of rotatable bonds is 6. The lowest BCUT2D eigenvalue weighted by Gasteiger charge is -2.24. The van der Waals surface area contributed by atoms with Crippen LogP contribution in [-0.2, 0) is 16.0 Å². The molecule has 0 saturated heterocycles. The van der Waals surface area contributed by atoms with Crippen molar-refractivity contribution in [1.29, 1.82) is 0 Å². The number of carbonyl (C=O) groups excluding carboxylic acids is 2. The fraction of sp³-hybridized carbons (Fsp3) is 0.250. The van der Waals surface area contributed by atoms with Gasteiger partial charge in [-0.3, -0.25) is 14.4 Å². The van der Waals surface area contributed by atoms with E-state index >= 15 is 0 Å². The number of benzene rings is 2. The SMILES string of the molecule is Cc1ccc(C)c(NC(=O)C2CC(=O)Nc3nc(SCCc4ccccc4)[nH]c(=O)c32)c1. The molecular weight excluding hydrogens is 424 g/mol. The van der Waals surface area contributed by atoms with Gasteiger partial charge in [-0.1, -0.05) is 54.2 Å². The van der Waals surface area contributed by atoms with E-state index in [9.17, 15) is 14.4 Å². The van der Waals surface area contributed by atoms with Crippen LogP contribution in [0.5, 0.6) is 0 Å². The molecule has 0 aliphatic carbocycles.